The lowest BCUT2D eigenvalue weighted by molar-refractivity contribution is 1.31. The summed E-state index contributed by atoms with van der Waals surface area (Å²) in [7, 11) is 0. The van der Waals surface area contributed by atoms with Gasteiger partial charge < -0.3 is 4.98 Å². The van der Waals surface area contributed by atoms with E-state index < -0.39 is 0 Å². The van der Waals surface area contributed by atoms with Crippen molar-refractivity contribution in [3.63, 3.8) is 0 Å². The maximum Gasteiger partial charge on any atom is 0.0737 e. The fraction of sp³-hybridized carbons (Fsp3) is 0. The first-order chi connectivity index (χ1) is 23.3. The van der Waals surface area contributed by atoms with Gasteiger partial charge in [0.05, 0.1) is 22.8 Å². The lowest BCUT2D eigenvalue weighted by Crippen LogP contribution is -1.87. The minimum Gasteiger partial charge on any atom is -0.354 e. The first kappa shape index (κ1) is 28.2. The molecule has 3 heteroatoms. The lowest BCUT2D eigenvalue weighted by atomic mass is 10.0. The maximum absolute atomic E-state index is 5.26. The number of hydrogen-bond donors (Lipinski definition) is 1. The van der Waals surface area contributed by atoms with Gasteiger partial charge in [-0.3, -0.25) is 0 Å². The zero-order chi connectivity index (χ0) is 31.4. The van der Waals surface area contributed by atoms with E-state index in [1.54, 1.807) is 0 Å². The number of aromatic nitrogens is 3. The van der Waals surface area contributed by atoms with Gasteiger partial charge in [-0.05, 0) is 58.7 Å². The van der Waals surface area contributed by atoms with Crippen LogP contribution < -0.4 is 0 Å². The number of rotatable bonds is 4. The molecule has 0 saturated heterocycles. The van der Waals surface area contributed by atoms with Crippen molar-refractivity contribution in [2.75, 3.05) is 0 Å². The highest BCUT2D eigenvalue weighted by molar-refractivity contribution is 5.96. The first-order valence-electron chi connectivity index (χ1n) is 15.8. The summed E-state index contributed by atoms with van der Waals surface area (Å²) in [6.07, 6.45) is 8.50. The second kappa shape index (κ2) is 12.6. The molecule has 2 aliphatic heterocycles. The molecule has 6 aromatic rings. The molecule has 47 heavy (non-hydrogen) atoms. The number of aromatic amines is 1. The Hall–Kier alpha value is -6.32. The molecule has 0 radical (unpaired) electrons. The Bertz CT molecular complexity index is 2150. The Kier molecular flexibility index (Phi) is 7.54. The Labute approximate surface area is 274 Å². The molecule has 6 bridgehead atoms. The average Bonchev–Trinajstić information content (AvgIpc) is 3.92. The van der Waals surface area contributed by atoms with Crippen molar-refractivity contribution < 1.29 is 0 Å². The third-order valence-electron chi connectivity index (χ3n) is 8.50. The Morgan fingerprint density at radius 2 is 0.617 bits per heavy atom. The lowest BCUT2D eigenvalue weighted by Gasteiger charge is -2.05. The zero-order valence-corrected chi connectivity index (χ0v) is 25.7. The highest BCUT2D eigenvalue weighted by Crippen LogP contribution is 2.35. The van der Waals surface area contributed by atoms with Crippen molar-refractivity contribution in [2.45, 2.75) is 0 Å². The number of nitrogens with one attached hydrogen (secondary N) is 1. The van der Waals surface area contributed by atoms with E-state index in [0.29, 0.717) is 0 Å². The molecule has 2 aliphatic rings. The van der Waals surface area contributed by atoms with Gasteiger partial charge >= 0.3 is 0 Å². The minimum absolute atomic E-state index is 0.913. The molecule has 8 rings (SSSR count). The first-order valence-corrected chi connectivity index (χ1v) is 15.8. The fourth-order valence-corrected chi connectivity index (χ4v) is 6.28. The van der Waals surface area contributed by atoms with Crippen LogP contribution in [0.1, 0.15) is 22.8 Å². The van der Waals surface area contributed by atoms with Crippen LogP contribution in [0.25, 0.3) is 79.8 Å². The molecule has 0 atom stereocenters. The molecule has 0 amide bonds. The van der Waals surface area contributed by atoms with Gasteiger partial charge in [-0.2, -0.15) is 0 Å². The van der Waals surface area contributed by atoms with Crippen LogP contribution in [0.5, 0.6) is 0 Å². The van der Waals surface area contributed by atoms with Crippen LogP contribution >= 0.6 is 0 Å². The van der Waals surface area contributed by atoms with Crippen molar-refractivity contribution in [2.24, 2.45) is 0 Å². The van der Waals surface area contributed by atoms with Gasteiger partial charge in [0, 0.05) is 33.3 Å². The number of benzene rings is 4. The van der Waals surface area contributed by atoms with Crippen LogP contribution in [0.4, 0.5) is 0 Å². The van der Waals surface area contributed by atoms with Crippen LogP contribution in [0.15, 0.2) is 158 Å². The summed E-state index contributed by atoms with van der Waals surface area (Å²) in [5.41, 5.74) is 14.3. The van der Waals surface area contributed by atoms with Gasteiger partial charge in [-0.1, -0.05) is 146 Å². The summed E-state index contributed by atoms with van der Waals surface area (Å²) in [4.78, 5) is 14.3. The molecule has 0 unspecified atom stereocenters. The van der Waals surface area contributed by atoms with E-state index in [2.05, 4.69) is 163 Å². The summed E-state index contributed by atoms with van der Waals surface area (Å²) in [5.74, 6) is 0. The van der Waals surface area contributed by atoms with Crippen molar-refractivity contribution in [1.82, 2.24) is 15.0 Å². The second-order valence-corrected chi connectivity index (χ2v) is 11.5. The maximum atomic E-state index is 5.26. The predicted molar refractivity (Wildman–Crippen MR) is 198 cm³/mol. The van der Waals surface area contributed by atoms with Crippen molar-refractivity contribution in [3.8, 4) is 44.5 Å². The van der Waals surface area contributed by atoms with Crippen LogP contribution in [0, 0.1) is 0 Å². The third-order valence-corrected chi connectivity index (χ3v) is 8.50. The molecule has 222 valence electrons. The van der Waals surface area contributed by atoms with Gasteiger partial charge in [0.1, 0.15) is 0 Å². The monoisotopic (exact) mass is 601 g/mol. The normalized spacial score (nSPS) is 11.7. The van der Waals surface area contributed by atoms with Gasteiger partial charge in [0.15, 0.2) is 0 Å². The zero-order valence-electron chi connectivity index (χ0n) is 25.7. The average molecular weight is 602 g/mol. The highest BCUT2D eigenvalue weighted by atomic mass is 14.8. The molecule has 3 nitrogen and oxygen atoms in total. The summed E-state index contributed by atoms with van der Waals surface area (Å²) in [6, 6.07) is 54.7. The van der Waals surface area contributed by atoms with E-state index in [0.717, 1.165) is 78.3 Å². The van der Waals surface area contributed by atoms with Gasteiger partial charge in [0.25, 0.3) is 0 Å². The van der Waals surface area contributed by atoms with Crippen LogP contribution in [0.2, 0.25) is 0 Å². The minimum atomic E-state index is 0.913. The van der Waals surface area contributed by atoms with Crippen molar-refractivity contribution >= 4 is 35.3 Å². The van der Waals surface area contributed by atoms with Gasteiger partial charge in [-0.25, -0.2) is 9.97 Å². The molecule has 4 aromatic carbocycles. The van der Waals surface area contributed by atoms with Crippen LogP contribution in [-0.4, -0.2) is 15.0 Å². The summed E-state index contributed by atoms with van der Waals surface area (Å²) in [6.45, 7) is 0. The number of nitrogens with zero attached hydrogens (tertiary/aromatic N) is 2. The quantitative estimate of drug-likeness (QED) is 0.218. The van der Waals surface area contributed by atoms with E-state index in [1.165, 1.54) is 0 Å². The molecule has 2 aromatic heterocycles. The molecular formula is C44H31N3. The smallest absolute Gasteiger partial charge is 0.0737 e. The molecule has 0 aliphatic carbocycles. The van der Waals surface area contributed by atoms with Crippen molar-refractivity contribution in [1.29, 1.82) is 0 Å². The Morgan fingerprint density at radius 3 is 1.00 bits per heavy atom. The Morgan fingerprint density at radius 1 is 0.298 bits per heavy atom. The molecule has 0 spiro atoms. The molecule has 0 saturated carbocycles. The number of H-pyrrole nitrogens is 1. The molecule has 0 fully saturated rings. The SMILES string of the molecule is C1=Cc2nc1c(-c1ccccc1)ccccc(-c1ccccc1)c1nc(c(-c3ccccc3)c3ccc([nH]3)c2-c2ccccc2)C=C1. The van der Waals surface area contributed by atoms with E-state index in [1.807, 2.05) is 24.3 Å². The van der Waals surface area contributed by atoms with Gasteiger partial charge in [-0.15, -0.1) is 0 Å². The second-order valence-electron chi connectivity index (χ2n) is 11.5. The molecule has 4 heterocycles. The standard InChI is InChI=1S/C44H31N3/c1-5-15-31(16-6-1)35-23-13-14-24-36(32-17-7-2-8-18-32)38-26-28-40(46-38)44(34-21-11-4-12-22-34)42-30-29-41(47-42)43(33-19-9-3-10-20-33)39-27-25-37(35)45-39/h1-30,47H. The van der Waals surface area contributed by atoms with Gasteiger partial charge in [0.2, 0.25) is 0 Å². The largest absolute Gasteiger partial charge is 0.354 e. The number of fused-ring (bicyclic) bond motifs is 6. The molecule has 1 N–H and O–H groups in total. The van der Waals surface area contributed by atoms with Crippen molar-refractivity contribution in [3.05, 3.63) is 181 Å². The van der Waals surface area contributed by atoms with E-state index >= 15 is 0 Å². The topological polar surface area (TPSA) is 41.6 Å². The summed E-state index contributed by atoms with van der Waals surface area (Å²) < 4.78 is 0. The Balaban J connectivity index is 1.52. The van der Waals surface area contributed by atoms with E-state index in [-0.39, 0.29) is 0 Å². The summed E-state index contributed by atoms with van der Waals surface area (Å²) >= 11 is 0. The third kappa shape index (κ3) is 5.67. The van der Waals surface area contributed by atoms with E-state index in [9.17, 15) is 0 Å². The predicted octanol–water partition coefficient (Wildman–Crippen LogP) is 11.4. The van der Waals surface area contributed by atoms with Crippen LogP contribution in [-0.2, 0) is 0 Å². The number of hydrogen-bond acceptors (Lipinski definition) is 2. The summed E-state index contributed by atoms with van der Waals surface area (Å²) in [5, 5.41) is 0. The molecular weight excluding hydrogens is 571 g/mol. The highest BCUT2D eigenvalue weighted by Gasteiger charge is 2.16. The fourth-order valence-electron chi connectivity index (χ4n) is 6.28. The van der Waals surface area contributed by atoms with E-state index in [4.69, 9.17) is 9.97 Å². The van der Waals surface area contributed by atoms with Crippen LogP contribution in [0.3, 0.4) is 0 Å².